The van der Waals surface area contributed by atoms with Crippen LogP contribution in [-0.2, 0) is 4.94 Å². The summed E-state index contributed by atoms with van der Waals surface area (Å²) in [6, 6.07) is 0. The summed E-state index contributed by atoms with van der Waals surface area (Å²) in [5.41, 5.74) is 0. The maximum Gasteiger partial charge on any atom is 0.319 e. The molecule has 7 heteroatoms. The van der Waals surface area contributed by atoms with Crippen LogP contribution in [0.4, 0.5) is 0 Å². The van der Waals surface area contributed by atoms with Gasteiger partial charge >= 0.3 is 5.09 Å². The van der Waals surface area contributed by atoms with Crippen molar-refractivity contribution in [3.8, 4) is 6.19 Å². The summed E-state index contributed by atoms with van der Waals surface area (Å²) < 4.78 is 0. The normalized spacial score (nSPS) is 7.00. The monoisotopic (exact) mass is 119 g/mol. The molecule has 7 nitrogen and oxygen atoms in total. The van der Waals surface area contributed by atoms with Crippen molar-refractivity contribution in [1.29, 1.82) is 5.26 Å². The van der Waals surface area contributed by atoms with E-state index >= 15 is 0 Å². The number of rotatable bonds is 2. The Labute approximate surface area is 43.3 Å². The number of hydrogen-bond acceptors (Lipinski definition) is 6. The summed E-state index contributed by atoms with van der Waals surface area (Å²) in [7, 11) is 0. The molecule has 0 bridgehead atoms. The molecular weight excluding hydrogens is 118 g/mol. The van der Waals surface area contributed by atoms with Gasteiger partial charge in [0.1, 0.15) is 0 Å². The topological polar surface area (TPSA) is 99.6 Å². The lowest BCUT2D eigenvalue weighted by Gasteiger charge is -1.97. The Morgan fingerprint density at radius 3 is 2.62 bits per heavy atom. The molecule has 1 N–H and O–H groups in total. The zero-order valence-electron chi connectivity index (χ0n) is 3.51. The minimum Gasteiger partial charge on any atom is -0.255 e. The summed E-state index contributed by atoms with van der Waals surface area (Å²) in [4.78, 5) is 12.3. The maximum atomic E-state index is 9.20. The third-order valence-electron chi connectivity index (χ3n) is 0.230. The average molecular weight is 119 g/mol. The van der Waals surface area contributed by atoms with Crippen molar-refractivity contribution < 1.29 is 15.2 Å². The third-order valence-corrected chi connectivity index (χ3v) is 0.230. The van der Waals surface area contributed by atoms with E-state index in [0.717, 1.165) is 6.19 Å². The molecule has 0 rings (SSSR count). The Morgan fingerprint density at radius 2 is 2.50 bits per heavy atom. The number of hydrogen-bond donors (Lipinski definition) is 1. The Hall–Kier alpha value is -1.55. The van der Waals surface area contributed by atoms with Gasteiger partial charge in [0.2, 0.25) is 6.19 Å². The van der Waals surface area contributed by atoms with Gasteiger partial charge in [-0.05, 0) is 5.23 Å². The molecule has 0 unspecified atom stereocenters. The van der Waals surface area contributed by atoms with E-state index in [1.807, 2.05) is 0 Å². The lowest BCUT2D eigenvalue weighted by atomic mass is 11.4. The lowest BCUT2D eigenvalue weighted by Crippen LogP contribution is -2.16. The second-order valence-corrected chi connectivity index (χ2v) is 0.678. The van der Waals surface area contributed by atoms with Gasteiger partial charge in [0.05, 0.1) is 0 Å². The Balaban J connectivity index is 3.43. The fourth-order valence-corrected chi connectivity index (χ4v) is 0.0814. The molecule has 0 amide bonds. The molecule has 0 aliphatic rings. The van der Waals surface area contributed by atoms with Gasteiger partial charge < -0.3 is 0 Å². The SMILES string of the molecule is N#CN(O)O[N+](=O)[O-]. The summed E-state index contributed by atoms with van der Waals surface area (Å²) in [6.07, 6.45) is 0.921. The van der Waals surface area contributed by atoms with Crippen LogP contribution in [0.15, 0.2) is 0 Å². The van der Waals surface area contributed by atoms with Crippen LogP contribution in [0.1, 0.15) is 0 Å². The van der Waals surface area contributed by atoms with Gasteiger partial charge in [0.15, 0.2) is 0 Å². The van der Waals surface area contributed by atoms with Crippen LogP contribution in [0, 0.1) is 21.6 Å². The molecule has 0 fully saturated rings. The summed E-state index contributed by atoms with van der Waals surface area (Å²) in [5, 5.41) is 22.7. The first-order valence-corrected chi connectivity index (χ1v) is 1.38. The molecule has 0 aromatic rings. The lowest BCUT2D eigenvalue weighted by molar-refractivity contribution is -0.827. The van der Waals surface area contributed by atoms with E-state index in [-0.39, 0.29) is 0 Å². The smallest absolute Gasteiger partial charge is 0.255 e. The van der Waals surface area contributed by atoms with Gasteiger partial charge in [0, 0.05) is 0 Å². The van der Waals surface area contributed by atoms with Crippen molar-refractivity contribution in [2.45, 2.75) is 0 Å². The molecule has 0 aliphatic carbocycles. The highest BCUT2D eigenvalue weighted by Crippen LogP contribution is 1.77. The van der Waals surface area contributed by atoms with Crippen molar-refractivity contribution in [3.63, 3.8) is 0 Å². The van der Waals surface area contributed by atoms with E-state index in [4.69, 9.17) is 10.5 Å². The molecule has 8 heavy (non-hydrogen) atoms. The van der Waals surface area contributed by atoms with Gasteiger partial charge in [-0.15, -0.1) is 10.1 Å². The summed E-state index contributed by atoms with van der Waals surface area (Å²) >= 11 is 0. The van der Waals surface area contributed by atoms with E-state index in [1.165, 1.54) is 0 Å². The number of hydroxylamine groups is 2. The standard InChI is InChI=1S/CHN3O4/c2-1-3(5)8-4(6)7/h5H. The number of nitriles is 1. The molecule has 0 heterocycles. The average Bonchev–Trinajstić information content (AvgIpc) is 1.65. The fraction of sp³-hybridized carbons (Fsp3) is 0. The van der Waals surface area contributed by atoms with Crippen molar-refractivity contribution >= 4 is 0 Å². The third kappa shape index (κ3) is 2.67. The van der Waals surface area contributed by atoms with E-state index < -0.39 is 10.3 Å². The Morgan fingerprint density at radius 1 is 2.00 bits per heavy atom. The molecule has 0 atom stereocenters. The van der Waals surface area contributed by atoms with Crippen molar-refractivity contribution in [3.05, 3.63) is 10.1 Å². The van der Waals surface area contributed by atoms with Crippen molar-refractivity contribution in [1.82, 2.24) is 5.23 Å². The van der Waals surface area contributed by atoms with Crippen molar-refractivity contribution in [2.75, 3.05) is 0 Å². The highest BCUT2D eigenvalue weighted by atomic mass is 17.1. The molecule has 44 valence electrons. The molecule has 0 aromatic heterocycles. The van der Waals surface area contributed by atoms with Gasteiger partial charge in [-0.3, -0.25) is 5.21 Å². The molecule has 0 radical (unpaired) electrons. The quantitative estimate of drug-likeness (QED) is 0.223. The first-order valence-electron chi connectivity index (χ1n) is 1.38. The van der Waals surface area contributed by atoms with Crippen LogP contribution in [0.25, 0.3) is 0 Å². The fourth-order valence-electron chi connectivity index (χ4n) is 0.0814. The van der Waals surface area contributed by atoms with E-state index in [0.29, 0.717) is 0 Å². The molecular formula is CHN3O4. The second-order valence-electron chi connectivity index (χ2n) is 0.678. The zero-order valence-corrected chi connectivity index (χ0v) is 3.51. The van der Waals surface area contributed by atoms with Crippen LogP contribution >= 0.6 is 0 Å². The largest absolute Gasteiger partial charge is 0.319 e. The van der Waals surface area contributed by atoms with E-state index in [1.54, 1.807) is 0 Å². The van der Waals surface area contributed by atoms with Crippen LogP contribution < -0.4 is 0 Å². The molecule has 0 saturated carbocycles. The minimum absolute atomic E-state index is 0.569. The molecule has 0 spiro atoms. The zero-order chi connectivity index (χ0) is 6.57. The first-order chi connectivity index (χ1) is 3.66. The molecule has 0 saturated heterocycles. The first kappa shape index (κ1) is 6.45. The van der Waals surface area contributed by atoms with Gasteiger partial charge in [0.25, 0.3) is 0 Å². The van der Waals surface area contributed by atoms with Crippen molar-refractivity contribution in [2.24, 2.45) is 0 Å². The second kappa shape index (κ2) is 2.59. The van der Waals surface area contributed by atoms with Gasteiger partial charge in [-0.1, -0.05) is 0 Å². The highest BCUT2D eigenvalue weighted by Gasteiger charge is 1.99. The van der Waals surface area contributed by atoms with Crippen LogP contribution in [-0.4, -0.2) is 15.5 Å². The minimum atomic E-state index is -1.32. The van der Waals surface area contributed by atoms with Gasteiger partial charge in [-0.25, -0.2) is 0 Å². The molecule has 0 aliphatic heterocycles. The molecule has 0 aromatic carbocycles. The van der Waals surface area contributed by atoms with Gasteiger partial charge in [-0.2, -0.15) is 10.2 Å². The number of nitrogens with zero attached hydrogens (tertiary/aromatic N) is 3. The maximum absolute atomic E-state index is 9.20. The summed E-state index contributed by atoms with van der Waals surface area (Å²) in [5.74, 6) is 0. The van der Waals surface area contributed by atoms with Crippen LogP contribution in [0.3, 0.4) is 0 Å². The Bertz CT molecular complexity index is 126. The predicted octanol–water partition coefficient (Wildman–Crippen LogP) is -0.718. The summed E-state index contributed by atoms with van der Waals surface area (Å²) in [6.45, 7) is 0. The van der Waals surface area contributed by atoms with Crippen LogP contribution in [0.2, 0.25) is 0 Å². The van der Waals surface area contributed by atoms with E-state index in [2.05, 4.69) is 4.94 Å². The van der Waals surface area contributed by atoms with E-state index in [9.17, 15) is 10.1 Å². The van der Waals surface area contributed by atoms with Crippen LogP contribution in [0.5, 0.6) is 0 Å². The highest BCUT2D eigenvalue weighted by molar-refractivity contribution is 4.50. The Kier molecular flexibility index (Phi) is 2.09. The predicted molar refractivity (Wildman–Crippen MR) is 17.3 cm³/mol.